The number of carbonyl (C=O) groups excluding carboxylic acids is 2. The van der Waals surface area contributed by atoms with Crippen LogP contribution in [-0.2, 0) is 23.9 Å². The molecular weight excluding hydrogens is 324 g/mol. The molecule has 0 radical (unpaired) electrons. The predicted octanol–water partition coefficient (Wildman–Crippen LogP) is 3.92. The van der Waals surface area contributed by atoms with Crippen molar-refractivity contribution in [3.63, 3.8) is 0 Å². The first kappa shape index (κ1) is 27.5. The lowest BCUT2D eigenvalue weighted by Crippen LogP contribution is -2.12. The zero-order valence-electron chi connectivity index (χ0n) is 15.7. The van der Waals surface area contributed by atoms with E-state index in [-0.39, 0.29) is 11.9 Å². The van der Waals surface area contributed by atoms with Gasteiger partial charge in [0.05, 0.1) is 13.2 Å². The fraction of sp³-hybridized carbons (Fsp3) is 0.526. The summed E-state index contributed by atoms with van der Waals surface area (Å²) in [4.78, 5) is 30.1. The molecule has 144 valence electrons. The molecule has 0 fully saturated rings. The Hall–Kier alpha value is -2.37. The Morgan fingerprint density at radius 1 is 0.960 bits per heavy atom. The molecule has 1 atom stereocenters. The summed E-state index contributed by atoms with van der Waals surface area (Å²) < 4.78 is 9.42. The quantitative estimate of drug-likeness (QED) is 0.471. The monoisotopic (exact) mass is 356 g/mol. The van der Waals surface area contributed by atoms with Crippen molar-refractivity contribution in [1.82, 2.24) is 0 Å². The molecule has 0 spiro atoms. The van der Waals surface area contributed by atoms with E-state index in [1.807, 2.05) is 0 Å². The minimum absolute atomic E-state index is 0.310. The summed E-state index contributed by atoms with van der Waals surface area (Å²) >= 11 is 0. The minimum Gasteiger partial charge on any atom is -0.478 e. The van der Waals surface area contributed by atoms with Gasteiger partial charge in [0.1, 0.15) is 0 Å². The van der Waals surface area contributed by atoms with Gasteiger partial charge in [-0.3, -0.25) is 0 Å². The molecule has 0 saturated heterocycles. The standard InChI is InChI=1S/C11H20O2.C5H8O2.C3H4O2/c1-4-7-8-10(5-2)9-13-11(12)6-3;1-3-5(6)7-4-2;1-2-3(4)5/h6,10H,3-5,7-9H2,1-2H3;3H,1,4H2,2H3;2H,1H2,(H,4,5). The average molecular weight is 356 g/mol. The lowest BCUT2D eigenvalue weighted by Gasteiger charge is -2.13. The van der Waals surface area contributed by atoms with Crippen LogP contribution >= 0.6 is 0 Å². The average Bonchev–Trinajstić information content (AvgIpc) is 2.62. The summed E-state index contributed by atoms with van der Waals surface area (Å²) in [5.41, 5.74) is 0. The maximum absolute atomic E-state index is 10.8. The zero-order valence-corrected chi connectivity index (χ0v) is 15.7. The molecule has 6 heteroatoms. The number of unbranched alkanes of at least 4 members (excludes halogenated alkanes) is 1. The van der Waals surface area contributed by atoms with E-state index in [2.05, 4.69) is 38.3 Å². The van der Waals surface area contributed by atoms with Gasteiger partial charge >= 0.3 is 17.9 Å². The Labute approximate surface area is 151 Å². The number of hydrogen-bond donors (Lipinski definition) is 1. The zero-order chi connectivity index (χ0) is 20.1. The number of rotatable bonds is 10. The van der Waals surface area contributed by atoms with Gasteiger partial charge in [-0.2, -0.15) is 0 Å². The van der Waals surface area contributed by atoms with Gasteiger partial charge in [0.25, 0.3) is 0 Å². The molecule has 0 saturated carbocycles. The molecule has 25 heavy (non-hydrogen) atoms. The molecule has 0 heterocycles. The normalized spacial score (nSPS) is 9.72. The van der Waals surface area contributed by atoms with Crippen molar-refractivity contribution in [3.8, 4) is 0 Å². The third-order valence-electron chi connectivity index (χ3n) is 2.80. The Balaban J connectivity index is -0.000000337. The maximum Gasteiger partial charge on any atom is 0.330 e. The highest BCUT2D eigenvalue weighted by Crippen LogP contribution is 2.12. The van der Waals surface area contributed by atoms with Crippen LogP contribution in [0.5, 0.6) is 0 Å². The van der Waals surface area contributed by atoms with Crippen LogP contribution < -0.4 is 0 Å². The fourth-order valence-electron chi connectivity index (χ4n) is 1.36. The number of esters is 2. The smallest absolute Gasteiger partial charge is 0.330 e. The van der Waals surface area contributed by atoms with Crippen LogP contribution in [0.1, 0.15) is 46.5 Å². The van der Waals surface area contributed by atoms with Crippen molar-refractivity contribution in [3.05, 3.63) is 38.0 Å². The highest BCUT2D eigenvalue weighted by atomic mass is 16.5. The molecule has 0 aliphatic heterocycles. The summed E-state index contributed by atoms with van der Waals surface area (Å²) in [5, 5.41) is 7.60. The third-order valence-corrected chi connectivity index (χ3v) is 2.80. The van der Waals surface area contributed by atoms with E-state index in [0.717, 1.165) is 25.0 Å². The van der Waals surface area contributed by atoms with Gasteiger partial charge in [0.2, 0.25) is 0 Å². The van der Waals surface area contributed by atoms with Crippen molar-refractivity contribution >= 4 is 17.9 Å². The molecule has 6 nitrogen and oxygen atoms in total. The summed E-state index contributed by atoms with van der Waals surface area (Å²) in [7, 11) is 0. The highest BCUT2D eigenvalue weighted by molar-refractivity contribution is 5.81. The van der Waals surface area contributed by atoms with Gasteiger partial charge in [-0.1, -0.05) is 52.8 Å². The SMILES string of the molecule is C=CC(=O)O.C=CC(=O)OCC.C=CC(=O)OCC(CC)CCCC. The van der Waals surface area contributed by atoms with Crippen LogP contribution in [-0.4, -0.2) is 36.2 Å². The number of carboxylic acids is 1. The van der Waals surface area contributed by atoms with Crippen LogP contribution in [0.15, 0.2) is 38.0 Å². The number of aliphatic carboxylic acids is 1. The van der Waals surface area contributed by atoms with E-state index >= 15 is 0 Å². The number of carboxylic acid groups (broad SMARTS) is 1. The molecule has 0 aliphatic carbocycles. The summed E-state index contributed by atoms with van der Waals surface area (Å²) in [6, 6.07) is 0. The Kier molecular flexibility index (Phi) is 23.8. The van der Waals surface area contributed by atoms with E-state index in [1.165, 1.54) is 18.9 Å². The predicted molar refractivity (Wildman–Crippen MR) is 99.1 cm³/mol. The molecular formula is C19H32O6. The molecule has 0 aromatic heterocycles. The second-order valence-corrected chi connectivity index (χ2v) is 4.75. The van der Waals surface area contributed by atoms with Gasteiger partial charge in [-0.05, 0) is 19.3 Å². The first-order valence-corrected chi connectivity index (χ1v) is 8.26. The van der Waals surface area contributed by atoms with Crippen molar-refractivity contribution in [2.45, 2.75) is 46.5 Å². The Morgan fingerprint density at radius 2 is 1.44 bits per heavy atom. The molecule has 0 aliphatic rings. The fourth-order valence-corrected chi connectivity index (χ4v) is 1.36. The van der Waals surface area contributed by atoms with Crippen LogP contribution in [0.3, 0.4) is 0 Å². The van der Waals surface area contributed by atoms with Crippen molar-refractivity contribution in [2.75, 3.05) is 13.2 Å². The number of carbonyl (C=O) groups is 3. The largest absolute Gasteiger partial charge is 0.478 e. The van der Waals surface area contributed by atoms with E-state index in [0.29, 0.717) is 19.1 Å². The third kappa shape index (κ3) is 26.8. The van der Waals surface area contributed by atoms with Crippen molar-refractivity contribution in [2.24, 2.45) is 5.92 Å². The van der Waals surface area contributed by atoms with Crippen LogP contribution in [0.4, 0.5) is 0 Å². The number of ether oxygens (including phenoxy) is 2. The highest BCUT2D eigenvalue weighted by Gasteiger charge is 2.07. The van der Waals surface area contributed by atoms with E-state index in [4.69, 9.17) is 9.84 Å². The second kappa shape index (κ2) is 21.6. The van der Waals surface area contributed by atoms with Crippen LogP contribution in [0.25, 0.3) is 0 Å². The molecule has 0 rings (SSSR count). The molecule has 0 aromatic rings. The summed E-state index contributed by atoms with van der Waals surface area (Å²) in [6.07, 6.45) is 7.83. The van der Waals surface area contributed by atoms with Crippen molar-refractivity contribution in [1.29, 1.82) is 0 Å². The summed E-state index contributed by atoms with van der Waals surface area (Å²) in [5.74, 6) is -1.13. The van der Waals surface area contributed by atoms with Crippen LogP contribution in [0, 0.1) is 5.92 Å². The molecule has 0 bridgehead atoms. The van der Waals surface area contributed by atoms with Gasteiger partial charge in [-0.15, -0.1) is 0 Å². The lowest BCUT2D eigenvalue weighted by molar-refractivity contribution is -0.139. The first-order chi connectivity index (χ1) is 11.8. The molecule has 0 amide bonds. The van der Waals surface area contributed by atoms with E-state index in [9.17, 15) is 14.4 Å². The first-order valence-electron chi connectivity index (χ1n) is 8.26. The van der Waals surface area contributed by atoms with Gasteiger partial charge < -0.3 is 14.6 Å². The lowest BCUT2D eigenvalue weighted by atomic mass is 10.0. The van der Waals surface area contributed by atoms with E-state index in [1.54, 1.807) is 6.92 Å². The van der Waals surface area contributed by atoms with E-state index < -0.39 is 5.97 Å². The molecule has 1 N–H and O–H groups in total. The maximum atomic E-state index is 10.8. The Bertz CT molecular complexity index is 401. The van der Waals surface area contributed by atoms with Crippen molar-refractivity contribution < 1.29 is 29.0 Å². The number of hydrogen-bond acceptors (Lipinski definition) is 5. The van der Waals surface area contributed by atoms with Gasteiger partial charge in [0.15, 0.2) is 0 Å². The topological polar surface area (TPSA) is 89.9 Å². The molecule has 1 unspecified atom stereocenters. The molecule has 0 aromatic carbocycles. The van der Waals surface area contributed by atoms with Gasteiger partial charge in [0, 0.05) is 18.2 Å². The minimum atomic E-state index is -0.981. The Morgan fingerprint density at radius 3 is 1.72 bits per heavy atom. The summed E-state index contributed by atoms with van der Waals surface area (Å²) in [6.45, 7) is 16.5. The second-order valence-electron chi connectivity index (χ2n) is 4.75. The van der Waals surface area contributed by atoms with Gasteiger partial charge in [-0.25, -0.2) is 14.4 Å². The van der Waals surface area contributed by atoms with Crippen LogP contribution in [0.2, 0.25) is 0 Å².